The number of halogens is 1. The number of ether oxygens (including phenoxy) is 2. The van der Waals surface area contributed by atoms with Gasteiger partial charge in [-0.25, -0.2) is 4.39 Å². The maximum absolute atomic E-state index is 14.2. The summed E-state index contributed by atoms with van der Waals surface area (Å²) in [6.45, 7) is 0.782. The highest BCUT2D eigenvalue weighted by Crippen LogP contribution is 2.51. The molecule has 0 saturated heterocycles. The number of hydrogen-bond acceptors (Lipinski definition) is 3. The first-order valence-corrected chi connectivity index (χ1v) is 5.73. The lowest BCUT2D eigenvalue weighted by molar-refractivity contribution is 0.180. The fourth-order valence-corrected chi connectivity index (χ4v) is 2.22. The molecule has 1 fully saturated rings. The molecule has 0 amide bonds. The molecule has 0 radical (unpaired) electrons. The van der Waals surface area contributed by atoms with Crippen LogP contribution in [-0.4, -0.2) is 20.8 Å². The van der Waals surface area contributed by atoms with Crippen LogP contribution in [0.2, 0.25) is 0 Å². The maximum Gasteiger partial charge on any atom is 0.170 e. The van der Waals surface area contributed by atoms with Crippen LogP contribution in [0.15, 0.2) is 12.1 Å². The van der Waals surface area contributed by atoms with Crippen molar-refractivity contribution in [3.05, 3.63) is 29.1 Å². The van der Waals surface area contributed by atoms with Crippen LogP contribution in [0.5, 0.6) is 5.75 Å². The average molecular weight is 239 g/mol. The molecule has 1 aromatic rings. The predicted molar refractivity (Wildman–Crippen MR) is 63.6 cm³/mol. The summed E-state index contributed by atoms with van der Waals surface area (Å²) >= 11 is 0. The van der Waals surface area contributed by atoms with E-state index in [-0.39, 0.29) is 17.8 Å². The molecule has 2 rings (SSSR count). The van der Waals surface area contributed by atoms with Crippen LogP contribution in [0.4, 0.5) is 4.39 Å². The van der Waals surface area contributed by atoms with Gasteiger partial charge in [0.15, 0.2) is 11.6 Å². The van der Waals surface area contributed by atoms with Crippen LogP contribution in [0.1, 0.15) is 24.0 Å². The number of methoxy groups -OCH3 is 2. The van der Waals surface area contributed by atoms with E-state index < -0.39 is 0 Å². The van der Waals surface area contributed by atoms with Crippen molar-refractivity contribution in [2.24, 2.45) is 5.73 Å². The van der Waals surface area contributed by atoms with Crippen molar-refractivity contribution in [3.63, 3.8) is 0 Å². The van der Waals surface area contributed by atoms with Gasteiger partial charge in [-0.3, -0.25) is 0 Å². The second-order valence-corrected chi connectivity index (χ2v) is 4.54. The molecule has 1 aliphatic rings. The van der Waals surface area contributed by atoms with Gasteiger partial charge >= 0.3 is 0 Å². The molecule has 0 bridgehead atoms. The van der Waals surface area contributed by atoms with Gasteiger partial charge in [0.25, 0.3) is 0 Å². The molecule has 1 saturated carbocycles. The normalized spacial score (nSPS) is 16.9. The van der Waals surface area contributed by atoms with Gasteiger partial charge in [0.05, 0.1) is 13.7 Å². The van der Waals surface area contributed by atoms with Crippen LogP contribution in [0.25, 0.3) is 0 Å². The van der Waals surface area contributed by atoms with E-state index in [0.717, 1.165) is 18.4 Å². The van der Waals surface area contributed by atoms with E-state index in [2.05, 4.69) is 0 Å². The van der Waals surface area contributed by atoms with Gasteiger partial charge in [-0.2, -0.15) is 0 Å². The summed E-state index contributed by atoms with van der Waals surface area (Å²) in [5.74, 6) is -0.00549. The smallest absolute Gasteiger partial charge is 0.170 e. The fraction of sp³-hybridized carbons (Fsp3) is 0.538. The van der Waals surface area contributed by atoms with Crippen molar-refractivity contribution in [1.29, 1.82) is 0 Å². The highest BCUT2D eigenvalue weighted by molar-refractivity contribution is 5.47. The van der Waals surface area contributed by atoms with Gasteiger partial charge < -0.3 is 15.2 Å². The summed E-state index contributed by atoms with van der Waals surface area (Å²) in [7, 11) is 3.03. The highest BCUT2D eigenvalue weighted by atomic mass is 19.1. The van der Waals surface area contributed by atoms with Crippen molar-refractivity contribution in [3.8, 4) is 5.75 Å². The zero-order valence-electron chi connectivity index (χ0n) is 10.3. The Hall–Kier alpha value is -1.13. The van der Waals surface area contributed by atoms with E-state index in [0.29, 0.717) is 17.9 Å². The van der Waals surface area contributed by atoms with Gasteiger partial charge in [0.2, 0.25) is 0 Å². The van der Waals surface area contributed by atoms with Crippen LogP contribution < -0.4 is 10.5 Å². The first-order chi connectivity index (χ1) is 8.18. The largest absolute Gasteiger partial charge is 0.493 e. The molecular formula is C13H18FNO2. The summed E-state index contributed by atoms with van der Waals surface area (Å²) in [5.41, 5.74) is 7.10. The van der Waals surface area contributed by atoms with Crippen molar-refractivity contribution in [2.45, 2.75) is 24.9 Å². The maximum atomic E-state index is 14.2. The first kappa shape index (κ1) is 12.3. The lowest BCUT2D eigenvalue weighted by Gasteiger charge is -2.18. The number of hydrogen-bond donors (Lipinski definition) is 1. The van der Waals surface area contributed by atoms with Crippen LogP contribution in [-0.2, 0) is 16.8 Å². The molecule has 3 nitrogen and oxygen atoms in total. The predicted octanol–water partition coefficient (Wildman–Crippen LogP) is 1.97. The second kappa shape index (κ2) is 4.63. The van der Waals surface area contributed by atoms with E-state index >= 15 is 0 Å². The molecule has 0 aliphatic heterocycles. The summed E-state index contributed by atoms with van der Waals surface area (Å²) in [6.07, 6.45) is 2.01. The Balaban J connectivity index is 2.44. The molecule has 0 atom stereocenters. The summed E-state index contributed by atoms with van der Waals surface area (Å²) in [5, 5.41) is 0. The molecule has 0 heterocycles. The molecule has 4 heteroatoms. The highest BCUT2D eigenvalue weighted by Gasteiger charge is 2.45. The van der Waals surface area contributed by atoms with E-state index in [1.165, 1.54) is 7.11 Å². The Labute approximate surface area is 101 Å². The Morgan fingerprint density at radius 3 is 2.53 bits per heavy atom. The van der Waals surface area contributed by atoms with Crippen molar-refractivity contribution in [2.75, 3.05) is 20.8 Å². The average Bonchev–Trinajstić information content (AvgIpc) is 3.12. The molecular weight excluding hydrogens is 221 g/mol. The molecule has 17 heavy (non-hydrogen) atoms. The SMILES string of the molecule is COCc1ccc(C2(CN)CC2)c(OC)c1F. The Morgan fingerprint density at radius 1 is 1.35 bits per heavy atom. The number of benzene rings is 1. The Bertz CT molecular complexity index is 416. The minimum atomic E-state index is -0.327. The first-order valence-electron chi connectivity index (χ1n) is 5.73. The monoisotopic (exact) mass is 239 g/mol. The number of nitrogens with two attached hydrogens (primary N) is 1. The molecule has 0 unspecified atom stereocenters. The Morgan fingerprint density at radius 2 is 2.06 bits per heavy atom. The third-order valence-corrected chi connectivity index (χ3v) is 3.50. The third-order valence-electron chi connectivity index (χ3n) is 3.50. The second-order valence-electron chi connectivity index (χ2n) is 4.54. The Kier molecular flexibility index (Phi) is 3.35. The summed E-state index contributed by atoms with van der Waals surface area (Å²) < 4.78 is 24.3. The lowest BCUT2D eigenvalue weighted by atomic mass is 9.93. The van der Waals surface area contributed by atoms with Crippen LogP contribution in [0, 0.1) is 5.82 Å². The van der Waals surface area contributed by atoms with Crippen LogP contribution >= 0.6 is 0 Å². The zero-order chi connectivity index (χ0) is 12.5. The molecule has 2 N–H and O–H groups in total. The summed E-state index contributed by atoms with van der Waals surface area (Å²) in [6, 6.07) is 3.67. The number of rotatable bonds is 5. The third kappa shape index (κ3) is 2.03. The van der Waals surface area contributed by atoms with Crippen molar-refractivity contribution < 1.29 is 13.9 Å². The molecule has 1 aromatic carbocycles. The standard InChI is InChI=1S/C13H18FNO2/c1-16-7-9-3-4-10(12(17-2)11(9)14)13(8-15)5-6-13/h3-4H,5-8,15H2,1-2H3. The fourth-order valence-electron chi connectivity index (χ4n) is 2.22. The van der Waals surface area contributed by atoms with E-state index in [4.69, 9.17) is 15.2 Å². The lowest BCUT2D eigenvalue weighted by Crippen LogP contribution is -2.21. The quantitative estimate of drug-likeness (QED) is 0.854. The van der Waals surface area contributed by atoms with Gasteiger partial charge in [-0.15, -0.1) is 0 Å². The zero-order valence-corrected chi connectivity index (χ0v) is 10.3. The van der Waals surface area contributed by atoms with Crippen molar-refractivity contribution >= 4 is 0 Å². The van der Waals surface area contributed by atoms with Gasteiger partial charge in [0, 0.05) is 30.2 Å². The minimum absolute atomic E-state index is 0.0716. The minimum Gasteiger partial charge on any atom is -0.493 e. The molecule has 0 aromatic heterocycles. The van der Waals surface area contributed by atoms with E-state index in [1.54, 1.807) is 13.2 Å². The molecule has 94 valence electrons. The van der Waals surface area contributed by atoms with Crippen molar-refractivity contribution in [1.82, 2.24) is 0 Å². The van der Waals surface area contributed by atoms with Gasteiger partial charge in [0.1, 0.15) is 0 Å². The van der Waals surface area contributed by atoms with Gasteiger partial charge in [-0.05, 0) is 12.8 Å². The van der Waals surface area contributed by atoms with E-state index in [9.17, 15) is 4.39 Å². The van der Waals surface area contributed by atoms with Gasteiger partial charge in [-0.1, -0.05) is 12.1 Å². The molecule has 0 spiro atoms. The topological polar surface area (TPSA) is 44.5 Å². The summed E-state index contributed by atoms with van der Waals surface area (Å²) in [4.78, 5) is 0. The molecule has 1 aliphatic carbocycles. The van der Waals surface area contributed by atoms with E-state index in [1.807, 2.05) is 6.07 Å². The van der Waals surface area contributed by atoms with Crippen LogP contribution in [0.3, 0.4) is 0 Å².